The van der Waals surface area contributed by atoms with Gasteiger partial charge in [0.2, 0.25) is 0 Å². The van der Waals surface area contributed by atoms with Crippen molar-refractivity contribution in [2.45, 2.75) is 38.1 Å². The number of hydrogen-bond acceptors (Lipinski definition) is 4. The third-order valence-electron chi connectivity index (χ3n) is 4.75. The highest BCUT2D eigenvalue weighted by atomic mass is 15.3. The highest BCUT2D eigenvalue weighted by Crippen LogP contribution is 2.37. The van der Waals surface area contributed by atoms with Gasteiger partial charge < -0.3 is 4.90 Å². The van der Waals surface area contributed by atoms with Gasteiger partial charge in [-0.2, -0.15) is 5.10 Å². The average Bonchev–Trinajstić information content (AvgIpc) is 2.83. The zero-order valence-corrected chi connectivity index (χ0v) is 12.4. The summed E-state index contributed by atoms with van der Waals surface area (Å²) in [7, 11) is 0. The highest BCUT2D eigenvalue weighted by Gasteiger charge is 2.43. The molecule has 0 aromatic carbocycles. The first kappa shape index (κ1) is 13.6. The largest absolute Gasteiger partial charge is 0.353 e. The third-order valence-corrected chi connectivity index (χ3v) is 4.75. The smallest absolute Gasteiger partial charge is 0.151 e. The molecule has 20 heavy (non-hydrogen) atoms. The third kappa shape index (κ3) is 2.44. The number of hydrogen-bond donors (Lipinski definition) is 0. The molecular formula is C16H24N4. The van der Waals surface area contributed by atoms with Crippen molar-refractivity contribution >= 4 is 5.82 Å². The second kappa shape index (κ2) is 5.52. The van der Waals surface area contributed by atoms with Gasteiger partial charge in [-0.3, -0.25) is 4.90 Å². The zero-order valence-electron chi connectivity index (χ0n) is 12.4. The normalized spacial score (nSPS) is 27.1. The van der Waals surface area contributed by atoms with Crippen LogP contribution < -0.4 is 4.90 Å². The van der Waals surface area contributed by atoms with Crippen molar-refractivity contribution in [3.63, 3.8) is 0 Å². The standard InChI is InChI=1S/C16H24N4/c1-3-10-20-12-5-9-16(20)8-4-11-19(13-16)15-7-6-14(2)17-18-15/h3,6-7H,1,4-5,8-13H2,2H3/t16-/m0/s1. The Morgan fingerprint density at radius 3 is 2.75 bits per heavy atom. The topological polar surface area (TPSA) is 32.3 Å². The number of likely N-dealkylation sites (tertiary alicyclic amines) is 1. The number of piperidine rings is 1. The molecule has 0 amide bonds. The Balaban J connectivity index is 1.79. The maximum atomic E-state index is 4.36. The molecule has 2 aliphatic rings. The van der Waals surface area contributed by atoms with E-state index in [0.717, 1.165) is 31.1 Å². The number of rotatable bonds is 3. The summed E-state index contributed by atoms with van der Waals surface area (Å²) in [6, 6.07) is 4.16. The van der Waals surface area contributed by atoms with Crippen molar-refractivity contribution in [1.29, 1.82) is 0 Å². The SMILES string of the molecule is C=CCN1CCC[C@]12CCCN(c1ccc(C)nn1)C2. The van der Waals surface area contributed by atoms with Gasteiger partial charge in [0, 0.05) is 25.2 Å². The summed E-state index contributed by atoms with van der Waals surface area (Å²) in [6.07, 6.45) is 7.19. The van der Waals surface area contributed by atoms with Crippen LogP contribution >= 0.6 is 0 Å². The minimum absolute atomic E-state index is 0.332. The molecule has 2 aliphatic heterocycles. The maximum Gasteiger partial charge on any atom is 0.151 e. The molecule has 108 valence electrons. The van der Waals surface area contributed by atoms with E-state index in [1.807, 2.05) is 13.0 Å². The molecule has 0 saturated carbocycles. The van der Waals surface area contributed by atoms with Gasteiger partial charge in [0.05, 0.1) is 5.69 Å². The first-order valence-corrected chi connectivity index (χ1v) is 7.65. The lowest BCUT2D eigenvalue weighted by Gasteiger charge is -2.46. The van der Waals surface area contributed by atoms with Crippen molar-refractivity contribution in [3.8, 4) is 0 Å². The second-order valence-electron chi connectivity index (χ2n) is 6.12. The highest BCUT2D eigenvalue weighted by molar-refractivity contribution is 5.39. The minimum atomic E-state index is 0.332. The Morgan fingerprint density at radius 2 is 2.05 bits per heavy atom. The van der Waals surface area contributed by atoms with Gasteiger partial charge in [-0.15, -0.1) is 11.7 Å². The molecule has 2 fully saturated rings. The predicted molar refractivity (Wildman–Crippen MR) is 82.0 cm³/mol. The van der Waals surface area contributed by atoms with Crippen LogP contribution in [0.15, 0.2) is 24.8 Å². The van der Waals surface area contributed by atoms with Gasteiger partial charge in [-0.25, -0.2) is 0 Å². The zero-order chi connectivity index (χ0) is 14.0. The van der Waals surface area contributed by atoms with E-state index in [1.54, 1.807) is 0 Å². The van der Waals surface area contributed by atoms with E-state index >= 15 is 0 Å². The summed E-state index contributed by atoms with van der Waals surface area (Å²) in [6.45, 7) is 10.3. The van der Waals surface area contributed by atoms with Gasteiger partial charge in [0.15, 0.2) is 5.82 Å². The molecule has 1 aromatic heterocycles. The quantitative estimate of drug-likeness (QED) is 0.791. The van der Waals surface area contributed by atoms with Gasteiger partial charge >= 0.3 is 0 Å². The lowest BCUT2D eigenvalue weighted by molar-refractivity contribution is 0.130. The molecule has 1 spiro atoms. The number of anilines is 1. The van der Waals surface area contributed by atoms with Crippen molar-refractivity contribution < 1.29 is 0 Å². The molecule has 3 rings (SSSR count). The van der Waals surface area contributed by atoms with Gasteiger partial charge in [-0.05, 0) is 51.3 Å². The van der Waals surface area contributed by atoms with Crippen LogP contribution in [0, 0.1) is 6.92 Å². The van der Waals surface area contributed by atoms with Crippen molar-refractivity contribution in [3.05, 3.63) is 30.5 Å². The van der Waals surface area contributed by atoms with Crippen LogP contribution in [0.2, 0.25) is 0 Å². The molecular weight excluding hydrogens is 248 g/mol. The molecule has 3 heterocycles. The van der Waals surface area contributed by atoms with Gasteiger partial charge in [0.25, 0.3) is 0 Å². The molecule has 4 nitrogen and oxygen atoms in total. The maximum absolute atomic E-state index is 4.36. The van der Waals surface area contributed by atoms with E-state index in [0.29, 0.717) is 5.54 Å². The Kier molecular flexibility index (Phi) is 3.74. The first-order valence-electron chi connectivity index (χ1n) is 7.65. The number of aromatic nitrogens is 2. The molecule has 0 N–H and O–H groups in total. The molecule has 0 unspecified atom stereocenters. The molecule has 4 heteroatoms. The summed E-state index contributed by atoms with van der Waals surface area (Å²) >= 11 is 0. The van der Waals surface area contributed by atoms with Crippen LogP contribution in [-0.2, 0) is 0 Å². The monoisotopic (exact) mass is 272 g/mol. The molecule has 0 aliphatic carbocycles. The van der Waals surface area contributed by atoms with Crippen LogP contribution in [0.5, 0.6) is 0 Å². The fourth-order valence-corrected chi connectivity index (χ4v) is 3.77. The van der Waals surface area contributed by atoms with Gasteiger partial charge in [0.1, 0.15) is 0 Å². The molecule has 0 radical (unpaired) electrons. The van der Waals surface area contributed by atoms with E-state index in [4.69, 9.17) is 0 Å². The lowest BCUT2D eigenvalue weighted by atomic mass is 9.86. The second-order valence-corrected chi connectivity index (χ2v) is 6.12. The summed E-state index contributed by atoms with van der Waals surface area (Å²) in [5, 5.41) is 8.57. The summed E-state index contributed by atoms with van der Waals surface area (Å²) in [4.78, 5) is 5.03. The molecule has 0 bridgehead atoms. The Hall–Kier alpha value is -1.42. The van der Waals surface area contributed by atoms with E-state index in [2.05, 4.69) is 38.7 Å². The summed E-state index contributed by atoms with van der Waals surface area (Å²) < 4.78 is 0. The van der Waals surface area contributed by atoms with Gasteiger partial charge in [-0.1, -0.05) is 6.08 Å². The van der Waals surface area contributed by atoms with E-state index in [1.165, 1.54) is 32.2 Å². The van der Waals surface area contributed by atoms with E-state index in [9.17, 15) is 0 Å². The predicted octanol–water partition coefficient (Wildman–Crippen LogP) is 2.41. The Bertz CT molecular complexity index is 470. The van der Waals surface area contributed by atoms with Crippen LogP contribution in [0.25, 0.3) is 0 Å². The Labute approximate surface area is 121 Å². The molecule has 2 saturated heterocycles. The fourth-order valence-electron chi connectivity index (χ4n) is 3.77. The minimum Gasteiger partial charge on any atom is -0.353 e. The summed E-state index contributed by atoms with van der Waals surface area (Å²) in [5.74, 6) is 1.03. The summed E-state index contributed by atoms with van der Waals surface area (Å²) in [5.41, 5.74) is 1.31. The van der Waals surface area contributed by atoms with Crippen LogP contribution in [-0.4, -0.2) is 46.8 Å². The van der Waals surface area contributed by atoms with Crippen LogP contribution in [0.4, 0.5) is 5.82 Å². The van der Waals surface area contributed by atoms with E-state index in [-0.39, 0.29) is 0 Å². The number of aryl methyl sites for hydroxylation is 1. The number of nitrogens with zero attached hydrogens (tertiary/aromatic N) is 4. The van der Waals surface area contributed by atoms with Crippen molar-refractivity contribution in [2.24, 2.45) is 0 Å². The Morgan fingerprint density at radius 1 is 1.25 bits per heavy atom. The van der Waals surface area contributed by atoms with Crippen molar-refractivity contribution in [1.82, 2.24) is 15.1 Å². The van der Waals surface area contributed by atoms with Crippen LogP contribution in [0.1, 0.15) is 31.4 Å². The average molecular weight is 272 g/mol. The lowest BCUT2D eigenvalue weighted by Crippen LogP contribution is -2.56. The van der Waals surface area contributed by atoms with Crippen LogP contribution in [0.3, 0.4) is 0 Å². The molecule has 1 aromatic rings. The molecule has 1 atom stereocenters. The van der Waals surface area contributed by atoms with E-state index < -0.39 is 0 Å². The fraction of sp³-hybridized carbons (Fsp3) is 0.625. The van der Waals surface area contributed by atoms with Crippen molar-refractivity contribution in [2.75, 3.05) is 31.1 Å². The first-order chi connectivity index (χ1) is 9.73.